The summed E-state index contributed by atoms with van der Waals surface area (Å²) in [6, 6.07) is 3.17. The van der Waals surface area contributed by atoms with Crippen LogP contribution < -0.4 is 4.74 Å². The van der Waals surface area contributed by atoms with Gasteiger partial charge in [-0.05, 0) is 76.0 Å². The lowest BCUT2D eigenvalue weighted by molar-refractivity contribution is -0.162. The molecule has 3 heterocycles. The lowest BCUT2D eigenvalue weighted by Crippen LogP contribution is -2.52. The van der Waals surface area contributed by atoms with Gasteiger partial charge in [0, 0.05) is 43.1 Å². The lowest BCUT2D eigenvalue weighted by atomic mass is 9.66. The molecule has 222 valence electrons. The van der Waals surface area contributed by atoms with Crippen molar-refractivity contribution in [1.29, 1.82) is 0 Å². The number of hydrogen-bond donors (Lipinski definition) is 1. The Labute approximate surface area is 246 Å². The van der Waals surface area contributed by atoms with Gasteiger partial charge in [0.25, 0.3) is 0 Å². The third-order valence-electron chi connectivity index (χ3n) is 10.1. The van der Waals surface area contributed by atoms with Crippen molar-refractivity contribution in [3.63, 3.8) is 0 Å². The zero-order valence-electron chi connectivity index (χ0n) is 24.2. The Morgan fingerprint density at radius 3 is 2.61 bits per heavy atom. The Hall–Kier alpha value is -2.81. The number of carboxylic acids is 1. The van der Waals surface area contributed by atoms with Gasteiger partial charge in [-0.25, -0.2) is 0 Å². The first-order valence-corrected chi connectivity index (χ1v) is 15.3. The van der Waals surface area contributed by atoms with E-state index in [1.165, 1.54) is 0 Å². The van der Waals surface area contributed by atoms with Crippen LogP contribution in [0.3, 0.4) is 0 Å². The van der Waals surface area contributed by atoms with Gasteiger partial charge in [0.2, 0.25) is 11.8 Å². The summed E-state index contributed by atoms with van der Waals surface area (Å²) in [4.78, 5) is 49.2. The van der Waals surface area contributed by atoms with E-state index in [1.807, 2.05) is 35.8 Å². The number of halogens is 1. The summed E-state index contributed by atoms with van der Waals surface area (Å²) in [6.07, 6.45) is 6.46. The van der Waals surface area contributed by atoms with Crippen LogP contribution in [0.25, 0.3) is 0 Å². The molecule has 6 rings (SSSR count). The first kappa shape index (κ1) is 28.3. The Morgan fingerprint density at radius 1 is 1.17 bits per heavy atom. The van der Waals surface area contributed by atoms with Gasteiger partial charge in [0.05, 0.1) is 23.1 Å². The molecule has 2 amide bonds. The number of amides is 2. The van der Waals surface area contributed by atoms with Crippen LogP contribution in [0.15, 0.2) is 17.3 Å². The van der Waals surface area contributed by atoms with Crippen LogP contribution in [0.4, 0.5) is 0 Å². The van der Waals surface area contributed by atoms with Crippen LogP contribution in [0, 0.1) is 16.7 Å². The van der Waals surface area contributed by atoms with Gasteiger partial charge in [-0.1, -0.05) is 29.6 Å². The van der Waals surface area contributed by atoms with E-state index in [1.54, 1.807) is 6.92 Å². The van der Waals surface area contributed by atoms with Crippen molar-refractivity contribution < 1.29 is 29.1 Å². The quantitative estimate of drug-likeness (QED) is 0.483. The van der Waals surface area contributed by atoms with Gasteiger partial charge < -0.3 is 24.5 Å². The summed E-state index contributed by atoms with van der Waals surface area (Å²) < 4.78 is 6.36. The molecule has 41 heavy (non-hydrogen) atoms. The fraction of sp³-hybridized carbons (Fsp3) is 0.677. The number of nitrogens with zero attached hydrogens (tertiary/aromatic N) is 3. The zero-order valence-corrected chi connectivity index (χ0v) is 25.0. The van der Waals surface area contributed by atoms with E-state index < -0.39 is 23.3 Å². The molecular formula is C31H40ClN3O6. The summed E-state index contributed by atoms with van der Waals surface area (Å²) in [7, 11) is 0. The van der Waals surface area contributed by atoms with Gasteiger partial charge >= 0.3 is 5.97 Å². The number of hydrogen-bond acceptors (Lipinski definition) is 6. The molecule has 1 spiro atoms. The van der Waals surface area contributed by atoms with Crippen LogP contribution in [0.5, 0.6) is 5.75 Å². The van der Waals surface area contributed by atoms with Crippen LogP contribution in [0.2, 0.25) is 5.02 Å². The summed E-state index contributed by atoms with van der Waals surface area (Å²) in [6.45, 7) is 7.34. The predicted molar refractivity (Wildman–Crippen MR) is 153 cm³/mol. The Kier molecular flexibility index (Phi) is 7.03. The average molecular weight is 586 g/mol. The van der Waals surface area contributed by atoms with Crippen molar-refractivity contribution in [2.24, 2.45) is 21.9 Å². The first-order chi connectivity index (χ1) is 19.4. The number of carbonyl (C=O) groups is 3. The molecule has 1 aromatic carbocycles. The maximum absolute atomic E-state index is 14.4. The maximum atomic E-state index is 14.4. The van der Waals surface area contributed by atoms with Crippen molar-refractivity contribution in [3.05, 3.63) is 28.3 Å². The molecule has 3 fully saturated rings. The number of likely N-dealkylation sites (tertiary alicyclic amines) is 1. The van der Waals surface area contributed by atoms with E-state index in [0.29, 0.717) is 62.5 Å². The Bertz CT molecular complexity index is 1310. The second kappa shape index (κ2) is 10.2. The minimum atomic E-state index is -1.12. The molecule has 0 radical (unpaired) electrons. The van der Waals surface area contributed by atoms with Crippen molar-refractivity contribution >= 4 is 35.1 Å². The topological polar surface area (TPSA) is 109 Å². The van der Waals surface area contributed by atoms with Gasteiger partial charge in [-0.3, -0.25) is 14.4 Å². The molecule has 1 N–H and O–H groups in total. The largest absolute Gasteiger partial charge is 0.487 e. The molecule has 0 bridgehead atoms. The number of aliphatic carboxylic acids is 1. The normalized spacial score (nSPS) is 29.7. The zero-order chi connectivity index (χ0) is 29.2. The highest BCUT2D eigenvalue weighted by Crippen LogP contribution is 2.54. The summed E-state index contributed by atoms with van der Waals surface area (Å²) in [5, 5.41) is 15.0. The minimum Gasteiger partial charge on any atom is -0.487 e. The highest BCUT2D eigenvalue weighted by atomic mass is 35.5. The molecule has 1 aromatic rings. The maximum Gasteiger partial charge on any atom is 0.310 e. The number of fused-ring (bicyclic) bond motifs is 1. The van der Waals surface area contributed by atoms with Crippen LogP contribution in [0.1, 0.15) is 89.3 Å². The average Bonchev–Trinajstić information content (AvgIpc) is 3.48. The van der Waals surface area contributed by atoms with E-state index in [9.17, 15) is 19.5 Å². The summed E-state index contributed by atoms with van der Waals surface area (Å²) in [5.74, 6) is -0.989. The molecule has 0 aromatic heterocycles. The molecular weight excluding hydrogens is 546 g/mol. The van der Waals surface area contributed by atoms with Gasteiger partial charge in [-0.15, -0.1) is 0 Å². The van der Waals surface area contributed by atoms with Crippen LogP contribution in [-0.2, 0) is 25.6 Å². The molecule has 1 saturated heterocycles. The van der Waals surface area contributed by atoms with E-state index in [2.05, 4.69) is 5.16 Å². The highest BCUT2D eigenvalue weighted by Gasteiger charge is 2.54. The van der Waals surface area contributed by atoms with Crippen molar-refractivity contribution in [3.8, 4) is 5.75 Å². The van der Waals surface area contributed by atoms with Gasteiger partial charge in [-0.2, -0.15) is 0 Å². The molecule has 2 saturated carbocycles. The number of carbonyl (C=O) groups excluding carboxylic acids is 2. The first-order valence-electron chi connectivity index (χ1n) is 14.9. The number of benzene rings is 1. The van der Waals surface area contributed by atoms with Crippen LogP contribution >= 0.6 is 11.6 Å². The molecule has 3 aliphatic heterocycles. The summed E-state index contributed by atoms with van der Waals surface area (Å²) >= 11 is 6.75. The number of oxime groups is 1. The minimum absolute atomic E-state index is 0.0791. The molecule has 2 aliphatic carbocycles. The highest BCUT2D eigenvalue weighted by molar-refractivity contribution is 6.31. The van der Waals surface area contributed by atoms with Crippen molar-refractivity contribution in [2.75, 3.05) is 26.2 Å². The molecule has 9 nitrogen and oxygen atoms in total. The monoisotopic (exact) mass is 585 g/mol. The molecule has 5 aliphatic rings. The fourth-order valence-corrected chi connectivity index (χ4v) is 7.66. The standard InChI is InChI=1S/C31H40ClN3O6/c1-29(2)14-19(33-41-29)17-40-24-8-7-22(32)20-9-13-35(27(37)21-6-4-5-10-30(21,3)28(38)39)23(26(20)24)16-34-18-31(11-12-31)15-25(34)36/h7-8,21,23H,4-6,9-18H2,1-3H3,(H,38,39)/t21?,23?,30-/m0/s1. The SMILES string of the molecule is CC1(C)CC(COc2ccc(Cl)c3c2C(CN2CC4(CC4)CC2=O)N(C(=O)C2CCCC[C@]2(C)C(=O)O)CC3)=NO1. The lowest BCUT2D eigenvalue weighted by Gasteiger charge is -2.45. The van der Waals surface area contributed by atoms with Crippen molar-refractivity contribution in [2.45, 2.75) is 90.2 Å². The van der Waals surface area contributed by atoms with Crippen molar-refractivity contribution in [1.82, 2.24) is 9.80 Å². The number of rotatable bonds is 7. The second-order valence-electron chi connectivity index (χ2n) is 13.7. The third kappa shape index (κ3) is 5.19. The Balaban J connectivity index is 1.35. The van der Waals surface area contributed by atoms with E-state index in [0.717, 1.165) is 42.5 Å². The van der Waals surface area contributed by atoms with E-state index in [-0.39, 0.29) is 29.4 Å². The van der Waals surface area contributed by atoms with Gasteiger partial charge in [0.1, 0.15) is 18.0 Å². The fourth-order valence-electron chi connectivity index (χ4n) is 7.40. The molecule has 10 heteroatoms. The predicted octanol–water partition coefficient (Wildman–Crippen LogP) is 4.99. The van der Waals surface area contributed by atoms with E-state index >= 15 is 0 Å². The number of ether oxygens (including phenoxy) is 1. The Morgan fingerprint density at radius 2 is 1.95 bits per heavy atom. The number of carboxylic acid groups (broad SMARTS) is 1. The summed E-state index contributed by atoms with van der Waals surface area (Å²) in [5.41, 5.74) is 1.10. The smallest absolute Gasteiger partial charge is 0.310 e. The molecule has 3 atom stereocenters. The molecule has 2 unspecified atom stereocenters. The second-order valence-corrected chi connectivity index (χ2v) is 14.1. The van der Waals surface area contributed by atoms with Crippen LogP contribution in [-0.4, -0.2) is 70.2 Å². The van der Waals surface area contributed by atoms with E-state index in [4.69, 9.17) is 21.2 Å². The van der Waals surface area contributed by atoms with Gasteiger partial charge in [0.15, 0.2) is 0 Å². The third-order valence-corrected chi connectivity index (χ3v) is 10.4.